The van der Waals surface area contributed by atoms with Crippen LogP contribution in [0.3, 0.4) is 0 Å². The van der Waals surface area contributed by atoms with Gasteiger partial charge in [0, 0.05) is 17.4 Å². The van der Waals surface area contributed by atoms with Gasteiger partial charge in [0.15, 0.2) is 0 Å². The molecule has 0 aliphatic heterocycles. The smallest absolute Gasteiger partial charge is 0.229 e. The number of benzene rings is 2. The van der Waals surface area contributed by atoms with Crippen molar-refractivity contribution in [1.82, 2.24) is 9.97 Å². The van der Waals surface area contributed by atoms with E-state index in [2.05, 4.69) is 46.6 Å². The van der Waals surface area contributed by atoms with Crippen LogP contribution >= 0.6 is 0 Å². The van der Waals surface area contributed by atoms with Crippen LogP contribution in [0.25, 0.3) is 0 Å². The van der Waals surface area contributed by atoms with Gasteiger partial charge in [-0.05, 0) is 44.5 Å². The van der Waals surface area contributed by atoms with Crippen molar-refractivity contribution in [2.45, 2.75) is 20.8 Å². The Hall–Kier alpha value is -3.08. The van der Waals surface area contributed by atoms with Crippen molar-refractivity contribution in [2.75, 3.05) is 17.7 Å². The zero-order chi connectivity index (χ0) is 17.8. The van der Waals surface area contributed by atoms with Crippen LogP contribution in [0.1, 0.15) is 16.8 Å². The molecule has 2 N–H and O–H groups in total. The first-order valence-corrected chi connectivity index (χ1v) is 8.15. The second-order valence-corrected chi connectivity index (χ2v) is 5.99. The number of methoxy groups -OCH3 is 1. The molecule has 0 saturated heterocycles. The molecule has 128 valence electrons. The maximum absolute atomic E-state index is 5.38. The fourth-order valence-corrected chi connectivity index (χ4v) is 2.65. The first kappa shape index (κ1) is 16.8. The molecule has 0 unspecified atom stereocenters. The summed E-state index contributed by atoms with van der Waals surface area (Å²) in [6.45, 7) is 6.09. The molecular weight excluding hydrogens is 312 g/mol. The van der Waals surface area contributed by atoms with Gasteiger partial charge in [-0.25, -0.2) is 4.98 Å². The standard InChI is InChI=1S/C20H22N4O/c1-13-9-10-16(14(2)11-13)23-20-21-15(3)12-19(24-20)22-17-7-5-6-8-18(17)25-4/h5-12H,1-4H3,(H2,21,22,23,24). The molecule has 3 rings (SSSR count). The molecule has 1 heterocycles. The highest BCUT2D eigenvalue weighted by Crippen LogP contribution is 2.27. The quantitative estimate of drug-likeness (QED) is 0.695. The van der Waals surface area contributed by atoms with Gasteiger partial charge in [-0.1, -0.05) is 29.8 Å². The third-order valence-electron chi connectivity index (χ3n) is 3.85. The average Bonchev–Trinajstić information content (AvgIpc) is 2.57. The Kier molecular flexibility index (Phi) is 4.84. The molecule has 0 aliphatic carbocycles. The van der Waals surface area contributed by atoms with E-state index in [0.717, 1.165) is 28.4 Å². The van der Waals surface area contributed by atoms with Gasteiger partial charge in [-0.2, -0.15) is 4.98 Å². The summed E-state index contributed by atoms with van der Waals surface area (Å²) in [7, 11) is 1.65. The Labute approximate surface area is 148 Å². The summed E-state index contributed by atoms with van der Waals surface area (Å²) >= 11 is 0. The summed E-state index contributed by atoms with van der Waals surface area (Å²) in [6, 6.07) is 15.9. The predicted octanol–water partition coefficient (Wildman–Crippen LogP) is 4.90. The SMILES string of the molecule is COc1ccccc1Nc1cc(C)nc(Nc2ccc(C)cc2C)n1. The third kappa shape index (κ3) is 4.07. The lowest BCUT2D eigenvalue weighted by Crippen LogP contribution is -2.04. The summed E-state index contributed by atoms with van der Waals surface area (Å²) < 4.78 is 5.38. The second-order valence-electron chi connectivity index (χ2n) is 5.99. The zero-order valence-corrected chi connectivity index (χ0v) is 14.9. The van der Waals surface area contributed by atoms with E-state index < -0.39 is 0 Å². The van der Waals surface area contributed by atoms with Crippen LogP contribution in [0.5, 0.6) is 5.75 Å². The lowest BCUT2D eigenvalue weighted by molar-refractivity contribution is 0.417. The summed E-state index contributed by atoms with van der Waals surface area (Å²) in [5.74, 6) is 2.04. The van der Waals surface area contributed by atoms with Crippen LogP contribution < -0.4 is 15.4 Å². The van der Waals surface area contributed by atoms with Crippen LogP contribution in [0.15, 0.2) is 48.5 Å². The number of aryl methyl sites for hydroxylation is 3. The summed E-state index contributed by atoms with van der Waals surface area (Å²) in [5.41, 5.74) is 5.12. The molecule has 0 atom stereocenters. The molecule has 0 spiro atoms. The van der Waals surface area contributed by atoms with E-state index in [9.17, 15) is 0 Å². The lowest BCUT2D eigenvalue weighted by atomic mass is 10.1. The van der Waals surface area contributed by atoms with Crippen molar-refractivity contribution in [3.63, 3.8) is 0 Å². The number of anilines is 4. The van der Waals surface area contributed by atoms with Crippen molar-refractivity contribution in [1.29, 1.82) is 0 Å². The van der Waals surface area contributed by atoms with Gasteiger partial charge in [0.1, 0.15) is 11.6 Å². The minimum absolute atomic E-state index is 0.560. The monoisotopic (exact) mass is 334 g/mol. The van der Waals surface area contributed by atoms with E-state index in [4.69, 9.17) is 4.74 Å². The van der Waals surface area contributed by atoms with Crippen LogP contribution in [0.4, 0.5) is 23.1 Å². The number of aromatic nitrogens is 2. The molecule has 1 aromatic heterocycles. The van der Waals surface area contributed by atoms with E-state index >= 15 is 0 Å². The number of nitrogens with zero attached hydrogens (tertiary/aromatic N) is 2. The highest BCUT2D eigenvalue weighted by atomic mass is 16.5. The minimum Gasteiger partial charge on any atom is -0.495 e. The molecule has 0 bridgehead atoms. The van der Waals surface area contributed by atoms with Crippen LogP contribution in [0, 0.1) is 20.8 Å². The number of hydrogen-bond acceptors (Lipinski definition) is 5. The zero-order valence-electron chi connectivity index (χ0n) is 14.9. The fraction of sp³-hybridized carbons (Fsp3) is 0.200. The predicted molar refractivity (Wildman–Crippen MR) is 102 cm³/mol. The first-order valence-electron chi connectivity index (χ1n) is 8.15. The lowest BCUT2D eigenvalue weighted by Gasteiger charge is -2.13. The number of ether oxygens (including phenoxy) is 1. The summed E-state index contributed by atoms with van der Waals surface area (Å²) in [6.07, 6.45) is 0. The van der Waals surface area contributed by atoms with Gasteiger partial charge >= 0.3 is 0 Å². The van der Waals surface area contributed by atoms with Gasteiger partial charge < -0.3 is 15.4 Å². The van der Waals surface area contributed by atoms with E-state index in [1.807, 2.05) is 43.3 Å². The van der Waals surface area contributed by atoms with Gasteiger partial charge in [-0.3, -0.25) is 0 Å². The highest BCUT2D eigenvalue weighted by Gasteiger charge is 2.07. The maximum Gasteiger partial charge on any atom is 0.229 e. The Bertz CT molecular complexity index is 893. The molecule has 0 radical (unpaired) electrons. The molecule has 5 nitrogen and oxygen atoms in total. The molecule has 2 aromatic carbocycles. The molecule has 5 heteroatoms. The molecule has 0 saturated carbocycles. The van der Waals surface area contributed by atoms with Crippen LogP contribution in [-0.4, -0.2) is 17.1 Å². The van der Waals surface area contributed by atoms with Gasteiger partial charge in [0.25, 0.3) is 0 Å². The van der Waals surface area contributed by atoms with Crippen LogP contribution in [-0.2, 0) is 0 Å². The number of hydrogen-bond donors (Lipinski definition) is 2. The highest BCUT2D eigenvalue weighted by molar-refractivity contribution is 5.66. The number of nitrogens with one attached hydrogen (secondary N) is 2. The Morgan fingerprint density at radius 3 is 2.40 bits per heavy atom. The Morgan fingerprint density at radius 1 is 0.840 bits per heavy atom. The maximum atomic E-state index is 5.38. The largest absolute Gasteiger partial charge is 0.495 e. The fourth-order valence-electron chi connectivity index (χ4n) is 2.65. The second kappa shape index (κ2) is 7.21. The molecule has 0 amide bonds. The van der Waals surface area contributed by atoms with Crippen molar-refractivity contribution in [3.05, 3.63) is 65.4 Å². The van der Waals surface area contributed by atoms with Crippen molar-refractivity contribution in [2.24, 2.45) is 0 Å². The number of rotatable bonds is 5. The van der Waals surface area contributed by atoms with Crippen molar-refractivity contribution >= 4 is 23.1 Å². The van der Waals surface area contributed by atoms with Gasteiger partial charge in [0.05, 0.1) is 12.8 Å². The van der Waals surface area contributed by atoms with E-state index in [0.29, 0.717) is 11.8 Å². The molecular formula is C20H22N4O. The van der Waals surface area contributed by atoms with Crippen molar-refractivity contribution in [3.8, 4) is 5.75 Å². The average molecular weight is 334 g/mol. The van der Waals surface area contributed by atoms with Gasteiger partial charge in [-0.15, -0.1) is 0 Å². The third-order valence-corrected chi connectivity index (χ3v) is 3.85. The number of para-hydroxylation sites is 2. The normalized spacial score (nSPS) is 10.4. The van der Waals surface area contributed by atoms with Gasteiger partial charge in [0.2, 0.25) is 5.95 Å². The molecule has 3 aromatic rings. The Balaban J connectivity index is 1.87. The topological polar surface area (TPSA) is 59.1 Å². The van der Waals surface area contributed by atoms with Crippen LogP contribution in [0.2, 0.25) is 0 Å². The molecule has 0 aliphatic rings. The van der Waals surface area contributed by atoms with E-state index in [1.165, 1.54) is 5.56 Å². The Morgan fingerprint density at radius 2 is 1.64 bits per heavy atom. The van der Waals surface area contributed by atoms with Crippen molar-refractivity contribution < 1.29 is 4.74 Å². The van der Waals surface area contributed by atoms with E-state index in [1.54, 1.807) is 7.11 Å². The summed E-state index contributed by atoms with van der Waals surface area (Å²) in [5, 5.41) is 6.60. The minimum atomic E-state index is 0.560. The molecule has 0 fully saturated rings. The molecule has 25 heavy (non-hydrogen) atoms. The summed E-state index contributed by atoms with van der Waals surface area (Å²) in [4.78, 5) is 9.06. The first-order chi connectivity index (χ1) is 12.0. The van der Waals surface area contributed by atoms with E-state index in [-0.39, 0.29) is 0 Å².